The summed E-state index contributed by atoms with van der Waals surface area (Å²) in [4.78, 5) is 12.7. The van der Waals surface area contributed by atoms with Crippen molar-refractivity contribution in [3.05, 3.63) is 70.4 Å². The van der Waals surface area contributed by atoms with E-state index in [0.717, 1.165) is 36.1 Å². The van der Waals surface area contributed by atoms with E-state index in [-0.39, 0.29) is 17.4 Å². The first kappa shape index (κ1) is 20.5. The molecule has 0 spiro atoms. The van der Waals surface area contributed by atoms with Crippen LogP contribution in [0.5, 0.6) is 5.75 Å². The fraction of sp³-hybridized carbons (Fsp3) is 0.333. The van der Waals surface area contributed by atoms with Crippen molar-refractivity contribution < 1.29 is 9.90 Å². The predicted molar refractivity (Wildman–Crippen MR) is 114 cm³/mol. The van der Waals surface area contributed by atoms with E-state index in [4.69, 9.17) is 0 Å². The number of aromatic hydroxyl groups is 1. The van der Waals surface area contributed by atoms with Gasteiger partial charge in [0.2, 0.25) is 0 Å². The van der Waals surface area contributed by atoms with E-state index in [1.165, 1.54) is 30.2 Å². The van der Waals surface area contributed by atoms with Crippen LogP contribution in [0, 0.1) is 18.3 Å². The zero-order chi connectivity index (χ0) is 20.8. The Hall–Kier alpha value is -3.26. The van der Waals surface area contributed by atoms with Crippen molar-refractivity contribution in [3.63, 3.8) is 0 Å². The number of nitrogens with one attached hydrogen (secondary N) is 2. The number of nitriles is 1. The number of fused-ring (bicyclic) bond motifs is 1. The van der Waals surface area contributed by atoms with E-state index in [9.17, 15) is 15.2 Å². The molecule has 1 aliphatic rings. The first-order valence-electron chi connectivity index (χ1n) is 10.1. The van der Waals surface area contributed by atoms with E-state index in [0.29, 0.717) is 0 Å². The quantitative estimate of drug-likeness (QED) is 0.381. The number of aryl methyl sites for hydroxylation is 3. The largest absolute Gasteiger partial charge is 0.508 e. The van der Waals surface area contributed by atoms with Crippen molar-refractivity contribution in [1.82, 2.24) is 5.32 Å². The van der Waals surface area contributed by atoms with E-state index in [1.54, 1.807) is 18.2 Å². The number of phenolic OH excluding ortho intramolecular Hbond substituents is 1. The molecule has 0 saturated carbocycles. The average Bonchev–Trinajstić information content (AvgIpc) is 2.73. The topological polar surface area (TPSA) is 85.2 Å². The summed E-state index contributed by atoms with van der Waals surface area (Å²) in [6, 6.07) is 13.2. The maximum atomic E-state index is 12.7. The average molecular weight is 389 g/mol. The number of phenols is 1. The fourth-order valence-corrected chi connectivity index (χ4v) is 3.74. The third kappa shape index (κ3) is 4.97. The molecule has 3 rings (SSSR count). The first-order chi connectivity index (χ1) is 14.0. The van der Waals surface area contributed by atoms with Crippen molar-refractivity contribution >= 4 is 11.6 Å². The third-order valence-corrected chi connectivity index (χ3v) is 5.44. The fourth-order valence-electron chi connectivity index (χ4n) is 3.74. The van der Waals surface area contributed by atoms with Crippen LogP contribution in [-0.4, -0.2) is 11.0 Å². The highest BCUT2D eigenvalue weighted by Crippen LogP contribution is 2.26. The van der Waals surface area contributed by atoms with Gasteiger partial charge in [0, 0.05) is 11.9 Å². The summed E-state index contributed by atoms with van der Waals surface area (Å²) in [5.41, 5.74) is 5.42. The molecule has 5 nitrogen and oxygen atoms in total. The highest BCUT2D eigenvalue weighted by atomic mass is 16.3. The SMILES string of the molecule is CCC(NC(=O)/C(C#N)=C\Nc1ccc(O)cc1C)c1ccc2c(c1)CCCC2. The summed E-state index contributed by atoms with van der Waals surface area (Å²) in [6.07, 6.45) is 6.82. The Morgan fingerprint density at radius 3 is 2.66 bits per heavy atom. The molecule has 5 heteroatoms. The molecule has 0 aliphatic heterocycles. The van der Waals surface area contributed by atoms with Crippen molar-refractivity contribution in [2.75, 3.05) is 5.32 Å². The van der Waals surface area contributed by atoms with Gasteiger partial charge in [0.05, 0.1) is 6.04 Å². The Morgan fingerprint density at radius 2 is 1.97 bits per heavy atom. The Kier molecular flexibility index (Phi) is 6.56. The number of hydrogen-bond acceptors (Lipinski definition) is 4. The normalized spacial score (nSPS) is 14.4. The summed E-state index contributed by atoms with van der Waals surface area (Å²) in [7, 11) is 0. The van der Waals surface area contributed by atoms with E-state index in [2.05, 4.69) is 28.8 Å². The molecule has 0 bridgehead atoms. The second-order valence-electron chi connectivity index (χ2n) is 7.48. The van der Waals surface area contributed by atoms with Gasteiger partial charge in [-0.3, -0.25) is 4.79 Å². The standard InChI is InChI=1S/C24H27N3O2/c1-3-22(19-9-8-17-6-4-5-7-18(17)13-19)27-24(29)20(14-25)15-26-23-11-10-21(28)12-16(23)2/h8-13,15,22,26,28H,3-7H2,1-2H3,(H,27,29)/b20-15-. The number of benzene rings is 2. The van der Waals surface area contributed by atoms with Crippen LogP contribution in [-0.2, 0) is 17.6 Å². The molecule has 0 heterocycles. The van der Waals surface area contributed by atoms with Crippen LogP contribution < -0.4 is 10.6 Å². The van der Waals surface area contributed by atoms with Gasteiger partial charge in [-0.25, -0.2) is 0 Å². The Bertz CT molecular complexity index is 973. The lowest BCUT2D eigenvalue weighted by molar-refractivity contribution is -0.117. The molecule has 1 aliphatic carbocycles. The van der Waals surface area contributed by atoms with Crippen LogP contribution in [0.4, 0.5) is 5.69 Å². The number of hydrogen-bond donors (Lipinski definition) is 3. The number of carbonyl (C=O) groups excluding carboxylic acids is 1. The second kappa shape index (κ2) is 9.29. The molecular formula is C24H27N3O2. The highest BCUT2D eigenvalue weighted by Gasteiger charge is 2.18. The number of carbonyl (C=O) groups is 1. The highest BCUT2D eigenvalue weighted by molar-refractivity contribution is 5.97. The number of anilines is 1. The van der Waals surface area contributed by atoms with Crippen molar-refractivity contribution in [3.8, 4) is 11.8 Å². The Labute approximate surface area is 172 Å². The maximum absolute atomic E-state index is 12.7. The zero-order valence-corrected chi connectivity index (χ0v) is 17.0. The Balaban J connectivity index is 1.72. The van der Waals surface area contributed by atoms with Gasteiger partial charge in [-0.1, -0.05) is 25.1 Å². The van der Waals surface area contributed by atoms with Gasteiger partial charge in [-0.2, -0.15) is 5.26 Å². The molecule has 3 N–H and O–H groups in total. The smallest absolute Gasteiger partial charge is 0.263 e. The van der Waals surface area contributed by atoms with Gasteiger partial charge in [0.15, 0.2) is 0 Å². The minimum Gasteiger partial charge on any atom is -0.508 e. The minimum atomic E-state index is -0.402. The molecule has 0 radical (unpaired) electrons. The minimum absolute atomic E-state index is 0.00823. The van der Waals surface area contributed by atoms with Gasteiger partial charge in [-0.05, 0) is 79.5 Å². The lowest BCUT2D eigenvalue weighted by atomic mass is 9.88. The van der Waals surface area contributed by atoms with Gasteiger partial charge >= 0.3 is 0 Å². The molecular weight excluding hydrogens is 362 g/mol. The monoisotopic (exact) mass is 389 g/mol. The van der Waals surface area contributed by atoms with Crippen LogP contribution in [0.3, 0.4) is 0 Å². The van der Waals surface area contributed by atoms with Crippen molar-refractivity contribution in [2.24, 2.45) is 0 Å². The molecule has 29 heavy (non-hydrogen) atoms. The lowest BCUT2D eigenvalue weighted by Crippen LogP contribution is -2.29. The summed E-state index contributed by atoms with van der Waals surface area (Å²) in [5.74, 6) is -0.230. The van der Waals surface area contributed by atoms with Gasteiger partial charge in [0.25, 0.3) is 5.91 Å². The molecule has 0 aromatic heterocycles. The van der Waals surface area contributed by atoms with Gasteiger partial charge in [-0.15, -0.1) is 0 Å². The molecule has 1 amide bonds. The maximum Gasteiger partial charge on any atom is 0.263 e. The molecule has 0 saturated heterocycles. The van der Waals surface area contributed by atoms with Crippen LogP contribution >= 0.6 is 0 Å². The lowest BCUT2D eigenvalue weighted by Gasteiger charge is -2.21. The summed E-state index contributed by atoms with van der Waals surface area (Å²) < 4.78 is 0. The van der Waals surface area contributed by atoms with Gasteiger partial charge < -0.3 is 15.7 Å². The molecule has 1 atom stereocenters. The summed E-state index contributed by atoms with van der Waals surface area (Å²) >= 11 is 0. The first-order valence-corrected chi connectivity index (χ1v) is 10.1. The number of nitrogens with zero attached hydrogens (tertiary/aromatic N) is 1. The van der Waals surface area contributed by atoms with Crippen molar-refractivity contribution in [1.29, 1.82) is 5.26 Å². The van der Waals surface area contributed by atoms with Crippen LogP contribution in [0.15, 0.2) is 48.2 Å². The van der Waals surface area contributed by atoms with Crippen LogP contribution in [0.25, 0.3) is 0 Å². The molecule has 0 fully saturated rings. The molecule has 150 valence electrons. The second-order valence-corrected chi connectivity index (χ2v) is 7.48. The van der Waals surface area contributed by atoms with Gasteiger partial charge in [0.1, 0.15) is 17.4 Å². The summed E-state index contributed by atoms with van der Waals surface area (Å²) in [5, 5.41) is 24.9. The Morgan fingerprint density at radius 1 is 1.21 bits per heavy atom. The third-order valence-electron chi connectivity index (χ3n) is 5.44. The van der Waals surface area contributed by atoms with E-state index >= 15 is 0 Å². The summed E-state index contributed by atoms with van der Waals surface area (Å²) in [6.45, 7) is 3.86. The van der Waals surface area contributed by atoms with E-state index in [1.807, 2.05) is 19.9 Å². The van der Waals surface area contributed by atoms with E-state index < -0.39 is 5.91 Å². The number of rotatable bonds is 6. The predicted octanol–water partition coefficient (Wildman–Crippen LogP) is 4.67. The zero-order valence-electron chi connectivity index (χ0n) is 17.0. The molecule has 2 aromatic rings. The van der Waals surface area contributed by atoms with Crippen LogP contribution in [0.1, 0.15) is 54.5 Å². The van der Waals surface area contributed by atoms with Crippen LogP contribution in [0.2, 0.25) is 0 Å². The molecule has 1 unspecified atom stereocenters. The molecule has 2 aromatic carbocycles. The number of amides is 1. The van der Waals surface area contributed by atoms with Crippen molar-refractivity contribution in [2.45, 2.75) is 52.0 Å².